The first-order valence-electron chi connectivity index (χ1n) is 25.6. The normalized spacial score (nSPS) is 11.4. The Morgan fingerprint density at radius 1 is 0.290 bits per heavy atom. The van der Waals surface area contributed by atoms with Gasteiger partial charge in [-0.1, -0.05) is 199 Å². The molecule has 0 saturated carbocycles. The standard InChI is InChI=1S/C39H56.C18H14.C3H8.C2H6/c1-7-11-14-17-21-31-30(20-10-4)34-24-28(5)26-36-32(22-18-15-12-8-2)33(23-19-16-13-9-3)37-27-29(6)25-35(31)39(37)38(34)36;1-11-7-13-3-5-15-9-12(2)10-16-6-4-14(8-11)17(13)18(15)16;1-3-2;1-2/h24-27H,7-23H2,1-6H3;3-10H,1-2H3;3H2,1-2H3;1-2H3. The molecule has 0 heteroatoms. The van der Waals surface area contributed by atoms with Crippen molar-refractivity contribution in [3.05, 3.63) is 117 Å². The zero-order valence-electron chi connectivity index (χ0n) is 41.7. The van der Waals surface area contributed by atoms with Gasteiger partial charge in [-0.05, 0) is 182 Å². The van der Waals surface area contributed by atoms with Gasteiger partial charge >= 0.3 is 0 Å². The summed E-state index contributed by atoms with van der Waals surface area (Å²) in [6, 6.07) is 28.3. The Morgan fingerprint density at radius 3 is 0.806 bits per heavy atom. The predicted molar refractivity (Wildman–Crippen MR) is 284 cm³/mol. The molecule has 0 aliphatic rings. The Labute approximate surface area is 379 Å². The van der Waals surface area contributed by atoms with Gasteiger partial charge in [-0.25, -0.2) is 0 Å². The molecular formula is C62H84. The number of benzene rings is 8. The molecule has 8 rings (SSSR count). The zero-order valence-corrected chi connectivity index (χ0v) is 41.7. The van der Waals surface area contributed by atoms with Crippen molar-refractivity contribution in [3.63, 3.8) is 0 Å². The fourth-order valence-electron chi connectivity index (χ4n) is 10.4. The molecule has 0 amide bonds. The molecule has 62 heavy (non-hydrogen) atoms. The lowest BCUT2D eigenvalue weighted by Crippen LogP contribution is -2.05. The fraction of sp³-hybridized carbons (Fsp3) is 0.484. The van der Waals surface area contributed by atoms with Gasteiger partial charge in [0, 0.05) is 0 Å². The van der Waals surface area contributed by atoms with E-state index in [4.69, 9.17) is 0 Å². The van der Waals surface area contributed by atoms with Gasteiger partial charge in [0.05, 0.1) is 0 Å². The number of unbranched alkanes of at least 4 members (excludes halogenated alkanes) is 9. The van der Waals surface area contributed by atoms with Crippen molar-refractivity contribution in [2.45, 2.75) is 199 Å². The van der Waals surface area contributed by atoms with E-state index < -0.39 is 0 Å². The van der Waals surface area contributed by atoms with Gasteiger partial charge in [-0.15, -0.1) is 0 Å². The molecule has 0 N–H and O–H groups in total. The van der Waals surface area contributed by atoms with Crippen LogP contribution in [0.1, 0.15) is 190 Å². The second-order valence-corrected chi connectivity index (χ2v) is 18.6. The molecule has 0 aliphatic carbocycles. The summed E-state index contributed by atoms with van der Waals surface area (Å²) in [4.78, 5) is 0. The van der Waals surface area contributed by atoms with E-state index in [9.17, 15) is 0 Å². The SMILES string of the molecule is CC.CCC.CCCCCCc1c(CCCCCC)c2cc(C)cc3c(CCCCCC)c(CCC)c4cc(C)cc1c4c32.Cc1cc2ccc3cc(C)cc4ccc(c1)c2c34. The van der Waals surface area contributed by atoms with Crippen molar-refractivity contribution in [3.8, 4) is 0 Å². The van der Waals surface area contributed by atoms with E-state index in [-0.39, 0.29) is 0 Å². The summed E-state index contributed by atoms with van der Waals surface area (Å²) in [5, 5.41) is 17.8. The van der Waals surface area contributed by atoms with Crippen LogP contribution in [-0.4, -0.2) is 0 Å². The molecule has 0 fully saturated rings. The van der Waals surface area contributed by atoms with Crippen LogP contribution in [0.4, 0.5) is 0 Å². The molecule has 8 aromatic carbocycles. The summed E-state index contributed by atoms with van der Waals surface area (Å²) in [6.45, 7) is 26.6. The van der Waals surface area contributed by atoms with Crippen molar-refractivity contribution < 1.29 is 0 Å². The monoisotopic (exact) mass is 829 g/mol. The second-order valence-electron chi connectivity index (χ2n) is 18.6. The van der Waals surface area contributed by atoms with Gasteiger partial charge in [0.1, 0.15) is 0 Å². The van der Waals surface area contributed by atoms with Crippen molar-refractivity contribution >= 4 is 64.6 Å². The molecule has 0 unspecified atom stereocenters. The van der Waals surface area contributed by atoms with Crippen LogP contribution in [0.3, 0.4) is 0 Å². The van der Waals surface area contributed by atoms with Gasteiger partial charge in [0.15, 0.2) is 0 Å². The molecule has 0 heterocycles. The quantitative estimate of drug-likeness (QED) is 0.0634. The van der Waals surface area contributed by atoms with Crippen LogP contribution in [0.25, 0.3) is 64.6 Å². The molecule has 332 valence electrons. The summed E-state index contributed by atoms with van der Waals surface area (Å²) in [7, 11) is 0. The molecule has 0 radical (unpaired) electrons. The fourth-order valence-corrected chi connectivity index (χ4v) is 10.4. The number of hydrogen-bond donors (Lipinski definition) is 0. The van der Waals surface area contributed by atoms with E-state index >= 15 is 0 Å². The highest BCUT2D eigenvalue weighted by Gasteiger charge is 2.23. The first-order chi connectivity index (χ1) is 30.2. The van der Waals surface area contributed by atoms with Crippen LogP contribution in [0, 0.1) is 27.7 Å². The second kappa shape index (κ2) is 24.1. The third-order valence-electron chi connectivity index (χ3n) is 13.0. The molecule has 0 aromatic heterocycles. The van der Waals surface area contributed by atoms with Crippen LogP contribution < -0.4 is 0 Å². The van der Waals surface area contributed by atoms with Crippen molar-refractivity contribution in [2.24, 2.45) is 0 Å². The Morgan fingerprint density at radius 2 is 0.548 bits per heavy atom. The number of hydrogen-bond acceptors (Lipinski definition) is 0. The molecule has 0 nitrogen and oxygen atoms in total. The summed E-state index contributed by atoms with van der Waals surface area (Å²) in [6.07, 6.45) is 23.4. The molecule has 0 aliphatic heterocycles. The minimum Gasteiger partial charge on any atom is -0.0683 e. The molecule has 0 saturated heterocycles. The highest BCUT2D eigenvalue weighted by Crippen LogP contribution is 2.46. The Balaban J connectivity index is 0.000000259. The lowest BCUT2D eigenvalue weighted by atomic mass is 9.78. The summed E-state index contributed by atoms with van der Waals surface area (Å²) < 4.78 is 0. The summed E-state index contributed by atoms with van der Waals surface area (Å²) >= 11 is 0. The molecule has 8 aromatic rings. The molecule has 0 spiro atoms. The Kier molecular flexibility index (Phi) is 19.0. The summed E-state index contributed by atoms with van der Waals surface area (Å²) in [5.74, 6) is 0. The Hall–Kier alpha value is -4.16. The van der Waals surface area contributed by atoms with E-state index in [1.165, 1.54) is 170 Å². The molecule has 0 atom stereocenters. The van der Waals surface area contributed by atoms with Crippen LogP contribution in [0.5, 0.6) is 0 Å². The van der Waals surface area contributed by atoms with Crippen molar-refractivity contribution in [1.82, 2.24) is 0 Å². The van der Waals surface area contributed by atoms with Gasteiger partial charge in [0.2, 0.25) is 0 Å². The van der Waals surface area contributed by atoms with Gasteiger partial charge in [-0.3, -0.25) is 0 Å². The minimum absolute atomic E-state index is 1.20. The van der Waals surface area contributed by atoms with E-state index in [2.05, 4.69) is 142 Å². The van der Waals surface area contributed by atoms with Gasteiger partial charge in [0.25, 0.3) is 0 Å². The van der Waals surface area contributed by atoms with Crippen LogP contribution >= 0.6 is 0 Å². The first-order valence-corrected chi connectivity index (χ1v) is 25.6. The highest BCUT2D eigenvalue weighted by atomic mass is 14.3. The minimum atomic E-state index is 1.20. The Bertz CT molecular complexity index is 2450. The summed E-state index contributed by atoms with van der Waals surface area (Å²) in [5.41, 5.74) is 12.3. The molecule has 0 bridgehead atoms. The van der Waals surface area contributed by atoms with E-state index in [0.717, 1.165) is 0 Å². The zero-order chi connectivity index (χ0) is 44.8. The number of rotatable bonds is 17. The highest BCUT2D eigenvalue weighted by molar-refractivity contribution is 6.27. The topological polar surface area (TPSA) is 0 Å². The first kappa shape index (κ1) is 48.9. The van der Waals surface area contributed by atoms with E-state index in [1.807, 2.05) is 13.8 Å². The smallest absolute Gasteiger partial charge is 0.00207 e. The third-order valence-corrected chi connectivity index (χ3v) is 13.0. The largest absolute Gasteiger partial charge is 0.0683 e. The van der Waals surface area contributed by atoms with E-state index in [0.29, 0.717) is 0 Å². The van der Waals surface area contributed by atoms with Gasteiger partial charge < -0.3 is 0 Å². The average molecular weight is 829 g/mol. The van der Waals surface area contributed by atoms with Crippen LogP contribution in [0.2, 0.25) is 0 Å². The van der Waals surface area contributed by atoms with Crippen LogP contribution in [-0.2, 0) is 25.7 Å². The predicted octanol–water partition coefficient (Wildman–Crippen LogP) is 20.2. The van der Waals surface area contributed by atoms with Crippen molar-refractivity contribution in [2.75, 3.05) is 0 Å². The third kappa shape index (κ3) is 11.1. The van der Waals surface area contributed by atoms with Gasteiger partial charge in [-0.2, -0.15) is 0 Å². The lowest BCUT2D eigenvalue weighted by molar-refractivity contribution is 0.653. The van der Waals surface area contributed by atoms with Crippen molar-refractivity contribution in [1.29, 1.82) is 0 Å². The maximum atomic E-state index is 2.56. The molecular weight excluding hydrogens is 745 g/mol. The maximum Gasteiger partial charge on any atom is -0.00207 e. The number of aryl methyl sites for hydroxylation is 8. The lowest BCUT2D eigenvalue weighted by Gasteiger charge is -2.25. The maximum absolute atomic E-state index is 2.56. The van der Waals surface area contributed by atoms with Crippen LogP contribution in [0.15, 0.2) is 72.8 Å². The average Bonchev–Trinajstić information content (AvgIpc) is 3.26. The van der Waals surface area contributed by atoms with E-state index in [1.54, 1.807) is 54.6 Å².